The topological polar surface area (TPSA) is 46.2 Å². The van der Waals surface area contributed by atoms with Crippen molar-refractivity contribution in [2.24, 2.45) is 0 Å². The lowest BCUT2D eigenvalue weighted by Gasteiger charge is -2.12. The van der Waals surface area contributed by atoms with Gasteiger partial charge in [-0.25, -0.2) is 8.42 Å². The quantitative estimate of drug-likeness (QED) is 0.836. The van der Waals surface area contributed by atoms with Crippen molar-refractivity contribution in [3.8, 4) is 12.3 Å². The predicted octanol–water partition coefficient (Wildman–Crippen LogP) is 2.42. The SMILES string of the molecule is C#CC(CCC)NS(=O)(=O)c1ccc(Cl)cc1. The van der Waals surface area contributed by atoms with Gasteiger partial charge < -0.3 is 0 Å². The Bertz CT molecular complexity index is 502. The van der Waals surface area contributed by atoms with Gasteiger partial charge in [0.2, 0.25) is 10.0 Å². The Morgan fingerprint density at radius 1 is 1.41 bits per heavy atom. The first-order chi connectivity index (χ1) is 7.99. The summed E-state index contributed by atoms with van der Waals surface area (Å²) in [5.41, 5.74) is 0. The van der Waals surface area contributed by atoms with Crippen LogP contribution in [0.4, 0.5) is 0 Å². The molecule has 0 amide bonds. The minimum atomic E-state index is -3.56. The average Bonchev–Trinajstić information content (AvgIpc) is 2.28. The third kappa shape index (κ3) is 4.04. The van der Waals surface area contributed by atoms with Gasteiger partial charge >= 0.3 is 0 Å². The molecule has 3 nitrogen and oxygen atoms in total. The molecule has 1 N–H and O–H groups in total. The van der Waals surface area contributed by atoms with Crippen molar-refractivity contribution >= 4 is 21.6 Å². The normalized spacial score (nSPS) is 13.0. The highest BCUT2D eigenvalue weighted by molar-refractivity contribution is 7.89. The number of sulfonamides is 1. The molecule has 0 spiro atoms. The van der Waals surface area contributed by atoms with E-state index >= 15 is 0 Å². The number of hydrogen-bond acceptors (Lipinski definition) is 2. The van der Waals surface area contributed by atoms with Crippen molar-refractivity contribution in [1.29, 1.82) is 0 Å². The Morgan fingerprint density at radius 3 is 2.47 bits per heavy atom. The summed E-state index contributed by atoms with van der Waals surface area (Å²) in [5, 5.41) is 0.492. The van der Waals surface area contributed by atoms with Gasteiger partial charge in [-0.05, 0) is 30.7 Å². The summed E-state index contributed by atoms with van der Waals surface area (Å²) < 4.78 is 26.3. The van der Waals surface area contributed by atoms with Crippen LogP contribution < -0.4 is 4.72 Å². The van der Waals surface area contributed by atoms with Gasteiger partial charge in [-0.3, -0.25) is 0 Å². The Kier molecular flexibility index (Phi) is 5.01. The maximum atomic E-state index is 11.9. The molecule has 17 heavy (non-hydrogen) atoms. The summed E-state index contributed by atoms with van der Waals surface area (Å²) in [4.78, 5) is 0.165. The van der Waals surface area contributed by atoms with Crippen LogP contribution in [-0.2, 0) is 10.0 Å². The zero-order valence-electron chi connectivity index (χ0n) is 9.48. The van der Waals surface area contributed by atoms with E-state index in [0.29, 0.717) is 11.4 Å². The fourth-order valence-electron chi connectivity index (χ4n) is 1.33. The fourth-order valence-corrected chi connectivity index (χ4v) is 2.65. The molecular formula is C12H14ClNO2S. The lowest BCUT2D eigenvalue weighted by Crippen LogP contribution is -2.33. The van der Waals surface area contributed by atoms with E-state index in [-0.39, 0.29) is 4.90 Å². The Hall–Kier alpha value is -1.02. The standard InChI is InChI=1S/C12H14ClNO2S/c1-3-5-11(4-2)14-17(15,16)12-8-6-10(13)7-9-12/h2,6-9,11,14H,3,5H2,1H3. The molecule has 0 fully saturated rings. The van der Waals surface area contributed by atoms with Crippen molar-refractivity contribution in [2.75, 3.05) is 0 Å². The number of hydrogen-bond donors (Lipinski definition) is 1. The monoisotopic (exact) mass is 271 g/mol. The second-order valence-electron chi connectivity index (χ2n) is 3.58. The van der Waals surface area contributed by atoms with Crippen molar-refractivity contribution in [3.63, 3.8) is 0 Å². The third-order valence-electron chi connectivity index (χ3n) is 2.20. The zero-order valence-corrected chi connectivity index (χ0v) is 11.1. The van der Waals surface area contributed by atoms with Crippen molar-refractivity contribution in [1.82, 2.24) is 4.72 Å². The zero-order chi connectivity index (χ0) is 12.9. The van der Waals surface area contributed by atoms with Gasteiger partial charge in [0.15, 0.2) is 0 Å². The molecular weight excluding hydrogens is 258 g/mol. The maximum Gasteiger partial charge on any atom is 0.241 e. The van der Waals surface area contributed by atoms with Crippen LogP contribution in [0.5, 0.6) is 0 Å². The Labute approximate surface area is 107 Å². The van der Waals surface area contributed by atoms with E-state index in [0.717, 1.165) is 6.42 Å². The molecule has 1 atom stereocenters. The van der Waals surface area contributed by atoms with E-state index in [1.807, 2.05) is 6.92 Å². The molecule has 0 heterocycles. The van der Waals surface area contributed by atoms with Gasteiger partial charge in [-0.1, -0.05) is 30.9 Å². The first-order valence-corrected chi connectivity index (χ1v) is 7.09. The van der Waals surface area contributed by atoms with E-state index in [9.17, 15) is 8.42 Å². The summed E-state index contributed by atoms with van der Waals surface area (Å²) >= 11 is 5.70. The van der Waals surface area contributed by atoms with Gasteiger partial charge in [0.1, 0.15) is 0 Å². The van der Waals surface area contributed by atoms with Crippen LogP contribution in [0.1, 0.15) is 19.8 Å². The average molecular weight is 272 g/mol. The summed E-state index contributed by atoms with van der Waals surface area (Å²) in [7, 11) is -3.56. The van der Waals surface area contributed by atoms with Crippen LogP contribution in [0.25, 0.3) is 0 Å². The smallest absolute Gasteiger partial charge is 0.207 e. The maximum absolute atomic E-state index is 11.9. The Balaban J connectivity index is 2.89. The summed E-state index contributed by atoms with van der Waals surface area (Å²) in [6.07, 6.45) is 6.70. The minimum Gasteiger partial charge on any atom is -0.207 e. The van der Waals surface area contributed by atoms with E-state index in [4.69, 9.17) is 18.0 Å². The first kappa shape index (κ1) is 14.0. The number of terminal acetylenes is 1. The summed E-state index contributed by atoms with van der Waals surface area (Å²) in [6, 6.07) is 5.48. The Morgan fingerprint density at radius 2 is 2.00 bits per heavy atom. The largest absolute Gasteiger partial charge is 0.241 e. The molecule has 0 radical (unpaired) electrons. The minimum absolute atomic E-state index is 0.165. The molecule has 0 saturated heterocycles. The van der Waals surface area contributed by atoms with Crippen LogP contribution in [0.15, 0.2) is 29.2 Å². The highest BCUT2D eigenvalue weighted by Crippen LogP contribution is 2.14. The molecule has 1 aromatic carbocycles. The van der Waals surface area contributed by atoms with Crippen LogP contribution in [-0.4, -0.2) is 14.5 Å². The van der Waals surface area contributed by atoms with Gasteiger partial charge in [0.25, 0.3) is 0 Å². The molecule has 1 unspecified atom stereocenters. The lowest BCUT2D eigenvalue weighted by molar-refractivity contribution is 0.564. The van der Waals surface area contributed by atoms with Crippen LogP contribution in [0.2, 0.25) is 5.02 Å². The summed E-state index contributed by atoms with van der Waals surface area (Å²) in [5.74, 6) is 2.42. The highest BCUT2D eigenvalue weighted by Gasteiger charge is 2.17. The number of nitrogens with one attached hydrogen (secondary N) is 1. The van der Waals surface area contributed by atoms with Gasteiger partial charge in [-0.15, -0.1) is 6.42 Å². The second kappa shape index (κ2) is 6.06. The van der Waals surface area contributed by atoms with Gasteiger partial charge in [0.05, 0.1) is 10.9 Å². The molecule has 0 aliphatic carbocycles. The second-order valence-corrected chi connectivity index (χ2v) is 5.73. The molecule has 0 aliphatic heterocycles. The third-order valence-corrected chi connectivity index (χ3v) is 3.94. The van der Waals surface area contributed by atoms with Crippen molar-refractivity contribution in [2.45, 2.75) is 30.7 Å². The highest BCUT2D eigenvalue weighted by atomic mass is 35.5. The molecule has 1 rings (SSSR count). The number of rotatable bonds is 5. The molecule has 0 saturated carbocycles. The van der Waals surface area contributed by atoms with Crippen LogP contribution in [0, 0.1) is 12.3 Å². The van der Waals surface area contributed by atoms with E-state index in [1.54, 1.807) is 0 Å². The molecule has 0 bridgehead atoms. The van der Waals surface area contributed by atoms with Crippen LogP contribution >= 0.6 is 11.6 Å². The van der Waals surface area contributed by atoms with Gasteiger partial charge in [0, 0.05) is 5.02 Å². The number of benzene rings is 1. The first-order valence-electron chi connectivity index (χ1n) is 5.23. The molecule has 92 valence electrons. The molecule has 5 heteroatoms. The number of halogens is 1. The van der Waals surface area contributed by atoms with E-state index in [1.165, 1.54) is 24.3 Å². The van der Waals surface area contributed by atoms with E-state index in [2.05, 4.69) is 10.6 Å². The fraction of sp³-hybridized carbons (Fsp3) is 0.333. The van der Waals surface area contributed by atoms with E-state index < -0.39 is 16.1 Å². The van der Waals surface area contributed by atoms with Gasteiger partial charge in [-0.2, -0.15) is 4.72 Å². The molecule has 0 aromatic heterocycles. The van der Waals surface area contributed by atoms with Crippen LogP contribution in [0.3, 0.4) is 0 Å². The lowest BCUT2D eigenvalue weighted by atomic mass is 10.2. The molecule has 0 aliphatic rings. The predicted molar refractivity (Wildman–Crippen MR) is 69.3 cm³/mol. The van der Waals surface area contributed by atoms with Crippen molar-refractivity contribution < 1.29 is 8.42 Å². The summed E-state index contributed by atoms with van der Waals surface area (Å²) in [6.45, 7) is 1.95. The van der Waals surface area contributed by atoms with Crippen molar-refractivity contribution in [3.05, 3.63) is 29.3 Å². The molecule has 1 aromatic rings.